The van der Waals surface area contributed by atoms with Crippen molar-refractivity contribution >= 4 is 60.4 Å². The zero-order chi connectivity index (χ0) is 15.0. The van der Waals surface area contributed by atoms with Gasteiger partial charge in [-0.2, -0.15) is 0 Å². The van der Waals surface area contributed by atoms with E-state index in [4.69, 9.17) is 0 Å². The maximum Gasteiger partial charge on any atom is 0.137 e. The predicted molar refractivity (Wildman–Crippen MR) is 94.2 cm³/mol. The third kappa shape index (κ3) is 2.77. The summed E-state index contributed by atoms with van der Waals surface area (Å²) in [4.78, 5) is 3.65. The van der Waals surface area contributed by atoms with Crippen LogP contribution < -0.4 is 0 Å². The summed E-state index contributed by atoms with van der Waals surface area (Å²) in [5.41, 5.74) is 2.05. The SMILES string of the molecule is C=NCC(F)Cn1c2ccc(Br)cc2c2cc(Br)ccc21. The van der Waals surface area contributed by atoms with E-state index in [9.17, 15) is 4.39 Å². The van der Waals surface area contributed by atoms with E-state index in [2.05, 4.69) is 55.7 Å². The van der Waals surface area contributed by atoms with Gasteiger partial charge in [0.1, 0.15) is 6.17 Å². The zero-order valence-electron chi connectivity index (χ0n) is 11.2. The molecule has 2 aromatic carbocycles. The number of rotatable bonds is 4. The quantitative estimate of drug-likeness (QED) is 0.514. The van der Waals surface area contributed by atoms with Crippen LogP contribution >= 0.6 is 31.9 Å². The number of benzene rings is 2. The van der Waals surface area contributed by atoms with Gasteiger partial charge in [-0.25, -0.2) is 4.39 Å². The summed E-state index contributed by atoms with van der Waals surface area (Å²) in [7, 11) is 0. The predicted octanol–water partition coefficient (Wildman–Crippen LogP) is 5.36. The lowest BCUT2D eigenvalue weighted by atomic mass is 10.2. The van der Waals surface area contributed by atoms with Gasteiger partial charge in [0.2, 0.25) is 0 Å². The van der Waals surface area contributed by atoms with E-state index >= 15 is 0 Å². The Morgan fingerprint density at radius 2 is 1.57 bits per heavy atom. The minimum Gasteiger partial charge on any atom is -0.337 e. The van der Waals surface area contributed by atoms with Gasteiger partial charge in [-0.1, -0.05) is 31.9 Å². The molecule has 0 saturated carbocycles. The molecule has 1 atom stereocenters. The van der Waals surface area contributed by atoms with E-state index in [-0.39, 0.29) is 13.1 Å². The maximum atomic E-state index is 14.0. The number of aromatic nitrogens is 1. The molecule has 1 aromatic heterocycles. The molecule has 0 radical (unpaired) electrons. The summed E-state index contributed by atoms with van der Waals surface area (Å²) in [6.45, 7) is 3.77. The van der Waals surface area contributed by atoms with Crippen molar-refractivity contribution < 1.29 is 4.39 Å². The summed E-state index contributed by atoms with van der Waals surface area (Å²) in [5.74, 6) is 0. The van der Waals surface area contributed by atoms with Gasteiger partial charge in [-0.15, -0.1) is 0 Å². The van der Waals surface area contributed by atoms with Gasteiger partial charge in [0.25, 0.3) is 0 Å². The van der Waals surface area contributed by atoms with E-state index in [0.29, 0.717) is 0 Å². The molecule has 0 aliphatic heterocycles. The Hall–Kier alpha value is -1.20. The van der Waals surface area contributed by atoms with Gasteiger partial charge in [-0.05, 0) is 43.1 Å². The number of alkyl halides is 1. The van der Waals surface area contributed by atoms with Crippen LogP contribution in [-0.2, 0) is 6.54 Å². The van der Waals surface area contributed by atoms with Gasteiger partial charge in [0.15, 0.2) is 0 Å². The topological polar surface area (TPSA) is 17.3 Å². The average Bonchev–Trinajstić information content (AvgIpc) is 2.72. The molecule has 3 aromatic rings. The maximum absolute atomic E-state index is 14.0. The largest absolute Gasteiger partial charge is 0.337 e. The van der Waals surface area contributed by atoms with Crippen molar-refractivity contribution in [2.24, 2.45) is 4.99 Å². The highest BCUT2D eigenvalue weighted by molar-refractivity contribution is 9.10. The number of halogens is 3. The van der Waals surface area contributed by atoms with E-state index in [0.717, 1.165) is 30.8 Å². The first-order valence-corrected chi connectivity index (χ1v) is 8.12. The van der Waals surface area contributed by atoms with Gasteiger partial charge in [-0.3, -0.25) is 4.99 Å². The Labute approximate surface area is 138 Å². The highest BCUT2D eigenvalue weighted by Gasteiger charge is 2.15. The molecule has 0 bridgehead atoms. The first-order chi connectivity index (χ1) is 10.1. The van der Waals surface area contributed by atoms with Crippen LogP contribution in [0.3, 0.4) is 0 Å². The molecule has 21 heavy (non-hydrogen) atoms. The number of hydrogen-bond donors (Lipinski definition) is 0. The van der Waals surface area contributed by atoms with Crippen LogP contribution in [0.4, 0.5) is 4.39 Å². The second-order valence-electron chi connectivity index (χ2n) is 4.94. The van der Waals surface area contributed by atoms with E-state index in [1.54, 1.807) is 0 Å². The van der Waals surface area contributed by atoms with Gasteiger partial charge < -0.3 is 4.57 Å². The van der Waals surface area contributed by atoms with Crippen LogP contribution in [0, 0.1) is 0 Å². The Bertz CT molecular complexity index is 767. The monoisotopic (exact) mass is 410 g/mol. The molecule has 2 nitrogen and oxygen atoms in total. The molecule has 0 amide bonds. The molecule has 3 rings (SSSR count). The lowest BCUT2D eigenvalue weighted by Gasteiger charge is -2.10. The first kappa shape index (κ1) is 14.7. The molecule has 0 aliphatic carbocycles. The number of aliphatic imine (C=N–C) groups is 1. The van der Waals surface area contributed by atoms with Crippen LogP contribution in [0.15, 0.2) is 50.3 Å². The highest BCUT2D eigenvalue weighted by atomic mass is 79.9. The molecule has 0 spiro atoms. The molecule has 0 N–H and O–H groups in total. The molecule has 0 fully saturated rings. The van der Waals surface area contributed by atoms with Crippen molar-refractivity contribution in [1.29, 1.82) is 0 Å². The van der Waals surface area contributed by atoms with Crippen LogP contribution in [0.2, 0.25) is 0 Å². The van der Waals surface area contributed by atoms with Crippen LogP contribution in [0.25, 0.3) is 21.8 Å². The third-order valence-electron chi connectivity index (χ3n) is 3.50. The first-order valence-electron chi connectivity index (χ1n) is 6.53. The molecular formula is C16H13Br2FN2. The van der Waals surface area contributed by atoms with Gasteiger partial charge in [0.05, 0.1) is 13.1 Å². The minimum absolute atomic E-state index is 0.119. The van der Waals surface area contributed by atoms with Crippen molar-refractivity contribution in [3.05, 3.63) is 45.3 Å². The standard InChI is InChI=1S/C16H13Br2FN2/c1-20-8-12(19)9-21-15-4-2-10(17)6-13(15)14-7-11(18)3-5-16(14)21/h2-7,12H,1,8-9H2. The minimum atomic E-state index is -1.03. The smallest absolute Gasteiger partial charge is 0.137 e. The second kappa shape index (κ2) is 5.89. The lowest BCUT2D eigenvalue weighted by Crippen LogP contribution is -2.14. The summed E-state index contributed by atoms with van der Waals surface area (Å²) < 4.78 is 18.0. The van der Waals surface area contributed by atoms with Crippen molar-refractivity contribution in [3.8, 4) is 0 Å². The van der Waals surface area contributed by atoms with Crippen LogP contribution in [0.1, 0.15) is 0 Å². The highest BCUT2D eigenvalue weighted by Crippen LogP contribution is 2.33. The molecule has 0 aliphatic rings. The number of nitrogens with zero attached hydrogens (tertiary/aromatic N) is 2. The number of hydrogen-bond acceptors (Lipinski definition) is 1. The van der Waals surface area contributed by atoms with Crippen LogP contribution in [-0.4, -0.2) is 24.0 Å². The average molecular weight is 412 g/mol. The van der Waals surface area contributed by atoms with Crippen molar-refractivity contribution in [2.45, 2.75) is 12.7 Å². The zero-order valence-corrected chi connectivity index (χ0v) is 14.4. The van der Waals surface area contributed by atoms with Crippen LogP contribution in [0.5, 0.6) is 0 Å². The lowest BCUT2D eigenvalue weighted by molar-refractivity contribution is 0.310. The van der Waals surface area contributed by atoms with E-state index < -0.39 is 6.17 Å². The fraction of sp³-hybridized carbons (Fsp3) is 0.188. The Balaban J connectivity index is 2.27. The van der Waals surface area contributed by atoms with Gasteiger partial charge >= 0.3 is 0 Å². The molecule has 1 unspecified atom stereocenters. The van der Waals surface area contributed by atoms with Crippen molar-refractivity contribution in [3.63, 3.8) is 0 Å². The second-order valence-corrected chi connectivity index (χ2v) is 6.77. The fourth-order valence-electron chi connectivity index (χ4n) is 2.64. The summed E-state index contributed by atoms with van der Waals surface area (Å²) in [5, 5.41) is 2.22. The Morgan fingerprint density at radius 3 is 2.05 bits per heavy atom. The Kier molecular flexibility index (Phi) is 4.13. The molecule has 1 heterocycles. The molecule has 108 valence electrons. The third-order valence-corrected chi connectivity index (χ3v) is 4.48. The van der Waals surface area contributed by atoms with Gasteiger partial charge in [0, 0.05) is 30.8 Å². The molecule has 0 saturated heterocycles. The molecular weight excluding hydrogens is 399 g/mol. The Morgan fingerprint density at radius 1 is 1.05 bits per heavy atom. The summed E-state index contributed by atoms with van der Waals surface area (Å²) in [6, 6.07) is 12.1. The van der Waals surface area contributed by atoms with Crippen molar-refractivity contribution in [2.75, 3.05) is 6.54 Å². The van der Waals surface area contributed by atoms with E-state index in [1.807, 2.05) is 28.8 Å². The normalized spacial score (nSPS) is 12.9. The number of fused-ring (bicyclic) bond motifs is 3. The summed E-state index contributed by atoms with van der Waals surface area (Å²) in [6.07, 6.45) is -1.03. The molecule has 5 heteroatoms. The summed E-state index contributed by atoms with van der Waals surface area (Å²) >= 11 is 7.01. The van der Waals surface area contributed by atoms with Crippen molar-refractivity contribution in [1.82, 2.24) is 4.57 Å². The van der Waals surface area contributed by atoms with E-state index in [1.165, 1.54) is 0 Å². The fourth-order valence-corrected chi connectivity index (χ4v) is 3.36.